The van der Waals surface area contributed by atoms with Gasteiger partial charge in [-0.25, -0.2) is 4.98 Å². The van der Waals surface area contributed by atoms with Gasteiger partial charge in [-0.05, 0) is 30.5 Å². The van der Waals surface area contributed by atoms with Crippen molar-refractivity contribution in [2.24, 2.45) is 0 Å². The lowest BCUT2D eigenvalue weighted by Gasteiger charge is -2.12. The third-order valence-electron chi connectivity index (χ3n) is 3.18. The minimum absolute atomic E-state index is 0.261. The number of thiophene rings is 1. The van der Waals surface area contributed by atoms with Gasteiger partial charge >= 0.3 is 0 Å². The molecule has 0 aliphatic carbocycles. The minimum atomic E-state index is -0.662. The number of nitrogens with one attached hydrogen (secondary N) is 2. The van der Waals surface area contributed by atoms with Crippen LogP contribution in [0.25, 0.3) is 11.3 Å². The lowest BCUT2D eigenvalue weighted by atomic mass is 10.2. The quantitative estimate of drug-likeness (QED) is 0.734. The van der Waals surface area contributed by atoms with E-state index in [1.165, 1.54) is 22.7 Å². The molecule has 6 nitrogen and oxygen atoms in total. The summed E-state index contributed by atoms with van der Waals surface area (Å²) in [6.45, 7) is 1.64. The number of aromatic nitrogens is 2. The van der Waals surface area contributed by atoms with E-state index in [-0.39, 0.29) is 11.8 Å². The maximum atomic E-state index is 12.2. The van der Waals surface area contributed by atoms with Crippen LogP contribution in [0, 0.1) is 0 Å². The van der Waals surface area contributed by atoms with E-state index < -0.39 is 6.04 Å². The van der Waals surface area contributed by atoms with E-state index in [1.54, 1.807) is 31.5 Å². The van der Waals surface area contributed by atoms with Crippen LogP contribution in [0.3, 0.4) is 0 Å². The van der Waals surface area contributed by atoms with Crippen molar-refractivity contribution in [1.82, 2.24) is 15.3 Å². The van der Waals surface area contributed by atoms with Crippen molar-refractivity contribution in [3.8, 4) is 11.3 Å². The molecule has 122 valence electrons. The zero-order chi connectivity index (χ0) is 16.9. The summed E-state index contributed by atoms with van der Waals surface area (Å²) in [4.78, 5) is 33.1. The second-order valence-corrected chi connectivity index (χ2v) is 6.75. The first-order valence-corrected chi connectivity index (χ1v) is 8.90. The SMILES string of the molecule is C[C@@H](NC(=O)c1cccs1)C(=O)Nc1nc(-c2cccnc2)cs1. The van der Waals surface area contributed by atoms with Crippen molar-refractivity contribution in [3.63, 3.8) is 0 Å². The molecule has 3 rings (SSSR count). The maximum absolute atomic E-state index is 12.2. The van der Waals surface area contributed by atoms with Crippen LogP contribution in [-0.2, 0) is 4.79 Å². The number of amides is 2. The second-order valence-electron chi connectivity index (χ2n) is 4.94. The van der Waals surface area contributed by atoms with E-state index in [0.29, 0.717) is 10.0 Å². The van der Waals surface area contributed by atoms with Crippen LogP contribution in [0.1, 0.15) is 16.6 Å². The monoisotopic (exact) mass is 358 g/mol. The van der Waals surface area contributed by atoms with Crippen molar-refractivity contribution >= 4 is 39.6 Å². The van der Waals surface area contributed by atoms with Gasteiger partial charge in [0, 0.05) is 23.3 Å². The molecule has 2 N–H and O–H groups in total. The zero-order valence-electron chi connectivity index (χ0n) is 12.7. The van der Waals surface area contributed by atoms with Gasteiger partial charge in [0.2, 0.25) is 5.91 Å². The van der Waals surface area contributed by atoms with Crippen LogP contribution >= 0.6 is 22.7 Å². The van der Waals surface area contributed by atoms with Gasteiger partial charge in [-0.3, -0.25) is 14.6 Å². The largest absolute Gasteiger partial charge is 0.340 e. The van der Waals surface area contributed by atoms with Crippen LogP contribution in [0.5, 0.6) is 0 Å². The molecule has 3 aromatic heterocycles. The molecule has 0 aromatic carbocycles. The molecule has 3 aromatic rings. The number of hydrogen-bond acceptors (Lipinski definition) is 6. The Kier molecular flexibility index (Phi) is 4.97. The van der Waals surface area contributed by atoms with Gasteiger partial charge in [-0.15, -0.1) is 22.7 Å². The number of pyridine rings is 1. The van der Waals surface area contributed by atoms with Crippen molar-refractivity contribution in [1.29, 1.82) is 0 Å². The van der Waals surface area contributed by atoms with Gasteiger partial charge in [-0.1, -0.05) is 6.07 Å². The molecule has 0 unspecified atom stereocenters. The molecule has 0 saturated carbocycles. The molecule has 0 saturated heterocycles. The van der Waals surface area contributed by atoms with E-state index in [2.05, 4.69) is 20.6 Å². The Balaban J connectivity index is 1.60. The molecular weight excluding hydrogens is 344 g/mol. The van der Waals surface area contributed by atoms with Gasteiger partial charge in [0.25, 0.3) is 5.91 Å². The third kappa shape index (κ3) is 3.84. The number of rotatable bonds is 5. The summed E-state index contributed by atoms with van der Waals surface area (Å²) in [6.07, 6.45) is 3.40. The summed E-state index contributed by atoms with van der Waals surface area (Å²) < 4.78 is 0. The summed E-state index contributed by atoms with van der Waals surface area (Å²) in [5, 5.41) is 9.53. The molecule has 8 heteroatoms. The van der Waals surface area contributed by atoms with Crippen LogP contribution in [0.4, 0.5) is 5.13 Å². The van der Waals surface area contributed by atoms with E-state index in [0.717, 1.165) is 11.3 Å². The van der Waals surface area contributed by atoms with Gasteiger partial charge < -0.3 is 10.6 Å². The Morgan fingerprint density at radius 1 is 1.21 bits per heavy atom. The van der Waals surface area contributed by atoms with Gasteiger partial charge in [0.1, 0.15) is 6.04 Å². The van der Waals surface area contributed by atoms with E-state index in [4.69, 9.17) is 0 Å². The van der Waals surface area contributed by atoms with Crippen molar-refractivity contribution < 1.29 is 9.59 Å². The highest BCUT2D eigenvalue weighted by atomic mass is 32.1. The Morgan fingerprint density at radius 2 is 2.08 bits per heavy atom. The summed E-state index contributed by atoms with van der Waals surface area (Å²) in [5.74, 6) is -0.574. The number of nitrogens with zero attached hydrogens (tertiary/aromatic N) is 2. The molecule has 0 radical (unpaired) electrons. The lowest BCUT2D eigenvalue weighted by molar-refractivity contribution is -0.117. The molecule has 3 heterocycles. The van der Waals surface area contributed by atoms with Gasteiger partial charge in [-0.2, -0.15) is 0 Å². The first kappa shape index (κ1) is 16.3. The Labute approximate surface area is 146 Å². The molecule has 24 heavy (non-hydrogen) atoms. The number of anilines is 1. The number of carbonyl (C=O) groups excluding carboxylic acids is 2. The molecule has 0 aliphatic heterocycles. The van der Waals surface area contributed by atoms with Crippen LogP contribution in [-0.4, -0.2) is 27.8 Å². The van der Waals surface area contributed by atoms with Gasteiger partial charge in [0.05, 0.1) is 10.6 Å². The highest BCUT2D eigenvalue weighted by molar-refractivity contribution is 7.14. The smallest absolute Gasteiger partial charge is 0.261 e. The summed E-state index contributed by atoms with van der Waals surface area (Å²) in [6, 6.07) is 6.57. The lowest BCUT2D eigenvalue weighted by Crippen LogP contribution is -2.41. The van der Waals surface area contributed by atoms with Crippen LogP contribution in [0.2, 0.25) is 0 Å². The van der Waals surface area contributed by atoms with Crippen molar-refractivity contribution in [2.75, 3.05) is 5.32 Å². The summed E-state index contributed by atoms with van der Waals surface area (Å²) in [7, 11) is 0. The Morgan fingerprint density at radius 3 is 2.79 bits per heavy atom. The average molecular weight is 358 g/mol. The molecule has 0 bridgehead atoms. The molecule has 1 atom stereocenters. The molecular formula is C16H14N4O2S2. The van der Waals surface area contributed by atoms with E-state index >= 15 is 0 Å². The highest BCUT2D eigenvalue weighted by Gasteiger charge is 2.18. The number of carbonyl (C=O) groups is 2. The summed E-state index contributed by atoms with van der Waals surface area (Å²) in [5.41, 5.74) is 1.63. The standard InChI is InChI=1S/C16H14N4O2S2/c1-10(18-15(22)13-5-3-7-23-13)14(21)20-16-19-12(9-24-16)11-4-2-6-17-8-11/h2-10H,1H3,(H,18,22)(H,19,20,21)/t10-/m1/s1. The second kappa shape index (κ2) is 7.33. The first-order valence-electron chi connectivity index (χ1n) is 7.14. The normalized spacial score (nSPS) is 11.7. The van der Waals surface area contributed by atoms with Crippen molar-refractivity contribution in [2.45, 2.75) is 13.0 Å². The highest BCUT2D eigenvalue weighted by Crippen LogP contribution is 2.24. The third-order valence-corrected chi connectivity index (χ3v) is 4.80. The Hall–Kier alpha value is -2.58. The average Bonchev–Trinajstić information content (AvgIpc) is 3.27. The topological polar surface area (TPSA) is 84.0 Å². The summed E-state index contributed by atoms with van der Waals surface area (Å²) >= 11 is 2.65. The maximum Gasteiger partial charge on any atom is 0.261 e. The fourth-order valence-corrected chi connectivity index (χ4v) is 3.28. The van der Waals surface area contributed by atoms with Crippen LogP contribution < -0.4 is 10.6 Å². The fraction of sp³-hybridized carbons (Fsp3) is 0.125. The van der Waals surface area contributed by atoms with E-state index in [9.17, 15) is 9.59 Å². The Bertz CT molecular complexity index is 831. The van der Waals surface area contributed by atoms with Gasteiger partial charge in [0.15, 0.2) is 5.13 Å². The molecule has 0 spiro atoms. The number of thiazole rings is 1. The minimum Gasteiger partial charge on any atom is -0.340 e. The molecule has 2 amide bonds. The zero-order valence-corrected chi connectivity index (χ0v) is 14.4. The first-order chi connectivity index (χ1) is 11.6. The predicted octanol–water partition coefficient (Wildman–Crippen LogP) is 3.02. The molecule has 0 fully saturated rings. The molecule has 0 aliphatic rings. The van der Waals surface area contributed by atoms with Crippen LogP contribution in [0.15, 0.2) is 47.4 Å². The number of hydrogen-bond donors (Lipinski definition) is 2. The predicted molar refractivity (Wildman–Crippen MR) is 95.2 cm³/mol. The fourth-order valence-electron chi connectivity index (χ4n) is 1.93. The van der Waals surface area contributed by atoms with Crippen molar-refractivity contribution in [3.05, 3.63) is 52.3 Å². The van der Waals surface area contributed by atoms with E-state index in [1.807, 2.05) is 22.9 Å².